The third-order valence-corrected chi connectivity index (χ3v) is 6.31. The Bertz CT molecular complexity index is 1250. The number of hydrogen-bond donors (Lipinski definition) is 2. The maximum atomic E-state index is 12.8. The van der Waals surface area contributed by atoms with E-state index in [1.54, 1.807) is 20.1 Å². The van der Waals surface area contributed by atoms with E-state index in [1.807, 2.05) is 35.8 Å². The first-order valence-electron chi connectivity index (χ1n) is 9.72. The van der Waals surface area contributed by atoms with Crippen LogP contribution in [0.5, 0.6) is 5.75 Å². The summed E-state index contributed by atoms with van der Waals surface area (Å²) in [6, 6.07) is 13.9. The molecular weight excluding hydrogens is 459 g/mol. The average molecular weight is 481 g/mol. The van der Waals surface area contributed by atoms with Crippen molar-refractivity contribution in [2.75, 3.05) is 19.0 Å². The van der Waals surface area contributed by atoms with Gasteiger partial charge >= 0.3 is 6.18 Å². The standard InChI is InChI=1S/C22H22F3N3O4S/c1-14-12-20(15(2)28(14)17-6-8-18(32-3)9-7-17)21(29)27-16-4-10-19(11-5-16)33(30,31)26-13-22(23,24)25/h4-12,26H,13H2,1-3H3,(H,27,29). The monoisotopic (exact) mass is 481 g/mol. The largest absolute Gasteiger partial charge is 0.497 e. The van der Waals surface area contributed by atoms with Crippen LogP contribution in [-0.2, 0) is 10.0 Å². The van der Waals surface area contributed by atoms with Crippen molar-refractivity contribution < 1.29 is 31.1 Å². The van der Waals surface area contributed by atoms with E-state index >= 15 is 0 Å². The molecule has 0 aliphatic heterocycles. The van der Waals surface area contributed by atoms with Crippen molar-refractivity contribution in [1.82, 2.24) is 9.29 Å². The summed E-state index contributed by atoms with van der Waals surface area (Å²) in [6.45, 7) is 1.99. The Hall–Kier alpha value is -3.31. The summed E-state index contributed by atoms with van der Waals surface area (Å²) >= 11 is 0. The fourth-order valence-corrected chi connectivity index (χ4v) is 4.31. The van der Waals surface area contributed by atoms with Gasteiger partial charge in [0.25, 0.3) is 5.91 Å². The number of aromatic nitrogens is 1. The molecule has 3 aromatic rings. The molecule has 1 amide bonds. The lowest BCUT2D eigenvalue weighted by molar-refractivity contribution is -0.121. The maximum Gasteiger partial charge on any atom is 0.402 e. The molecule has 0 saturated carbocycles. The zero-order valence-electron chi connectivity index (χ0n) is 18.0. The van der Waals surface area contributed by atoms with Crippen LogP contribution in [0.25, 0.3) is 5.69 Å². The van der Waals surface area contributed by atoms with E-state index in [4.69, 9.17) is 4.74 Å². The lowest BCUT2D eigenvalue weighted by Gasteiger charge is -2.11. The number of anilines is 1. The minimum absolute atomic E-state index is 0.295. The van der Waals surface area contributed by atoms with Crippen LogP contribution in [0, 0.1) is 13.8 Å². The van der Waals surface area contributed by atoms with Gasteiger partial charge in [-0.1, -0.05) is 0 Å². The predicted octanol–water partition coefficient (Wildman–Crippen LogP) is 4.20. The molecule has 0 spiro atoms. The van der Waals surface area contributed by atoms with Gasteiger partial charge in [-0.25, -0.2) is 13.1 Å². The van der Waals surface area contributed by atoms with Crippen LogP contribution in [0.4, 0.5) is 18.9 Å². The SMILES string of the molecule is COc1ccc(-n2c(C)cc(C(=O)Nc3ccc(S(=O)(=O)NCC(F)(F)F)cc3)c2C)cc1. The third-order valence-electron chi connectivity index (χ3n) is 4.89. The Kier molecular flexibility index (Phi) is 6.84. The number of ether oxygens (including phenoxy) is 1. The molecule has 3 rings (SSSR count). The number of amides is 1. The second-order valence-corrected chi connectivity index (χ2v) is 9.00. The quantitative estimate of drug-likeness (QED) is 0.530. The highest BCUT2D eigenvalue weighted by atomic mass is 32.2. The highest BCUT2D eigenvalue weighted by Crippen LogP contribution is 2.24. The summed E-state index contributed by atoms with van der Waals surface area (Å²) in [4.78, 5) is 12.5. The third kappa shape index (κ3) is 5.74. The summed E-state index contributed by atoms with van der Waals surface area (Å²) < 4.78 is 69.4. The smallest absolute Gasteiger partial charge is 0.402 e. The van der Waals surface area contributed by atoms with Crippen molar-refractivity contribution >= 4 is 21.6 Å². The van der Waals surface area contributed by atoms with Crippen LogP contribution in [0.1, 0.15) is 21.7 Å². The van der Waals surface area contributed by atoms with E-state index in [0.717, 1.165) is 23.5 Å². The molecule has 1 aromatic heterocycles. The number of carbonyl (C=O) groups excluding carboxylic acids is 1. The van der Waals surface area contributed by atoms with Gasteiger partial charge < -0.3 is 14.6 Å². The molecule has 176 valence electrons. The van der Waals surface area contributed by atoms with Crippen molar-refractivity contribution in [1.29, 1.82) is 0 Å². The van der Waals surface area contributed by atoms with E-state index < -0.39 is 28.7 Å². The highest BCUT2D eigenvalue weighted by molar-refractivity contribution is 7.89. The van der Waals surface area contributed by atoms with E-state index in [1.165, 1.54) is 16.9 Å². The molecule has 1 heterocycles. The van der Waals surface area contributed by atoms with Gasteiger partial charge in [-0.05, 0) is 68.4 Å². The molecule has 2 N–H and O–H groups in total. The number of alkyl halides is 3. The van der Waals surface area contributed by atoms with Gasteiger partial charge in [-0.2, -0.15) is 13.2 Å². The van der Waals surface area contributed by atoms with Crippen molar-refractivity contribution in [3.63, 3.8) is 0 Å². The first-order chi connectivity index (χ1) is 15.4. The predicted molar refractivity (Wildman–Crippen MR) is 117 cm³/mol. The molecule has 0 saturated heterocycles. The minimum atomic E-state index is -4.67. The van der Waals surface area contributed by atoms with E-state index in [0.29, 0.717) is 22.7 Å². The van der Waals surface area contributed by atoms with Crippen LogP contribution in [0.3, 0.4) is 0 Å². The van der Waals surface area contributed by atoms with Crippen molar-refractivity contribution in [2.45, 2.75) is 24.9 Å². The summed E-state index contributed by atoms with van der Waals surface area (Å²) in [5.41, 5.74) is 3.10. The van der Waals surface area contributed by atoms with Gasteiger partial charge in [0.2, 0.25) is 10.0 Å². The van der Waals surface area contributed by atoms with Crippen LogP contribution < -0.4 is 14.8 Å². The maximum absolute atomic E-state index is 12.8. The molecule has 0 fully saturated rings. The van der Waals surface area contributed by atoms with Gasteiger partial charge in [0, 0.05) is 22.8 Å². The summed E-state index contributed by atoms with van der Waals surface area (Å²) in [5.74, 6) is 0.298. The van der Waals surface area contributed by atoms with Gasteiger partial charge in [0.05, 0.1) is 17.6 Å². The fraction of sp³-hybridized carbons (Fsp3) is 0.227. The number of rotatable bonds is 7. The molecule has 0 bridgehead atoms. The minimum Gasteiger partial charge on any atom is -0.497 e. The van der Waals surface area contributed by atoms with Gasteiger partial charge in [0.15, 0.2) is 0 Å². The molecular formula is C22H22F3N3O4S. The summed E-state index contributed by atoms with van der Waals surface area (Å²) in [6.07, 6.45) is -4.67. The van der Waals surface area contributed by atoms with E-state index in [-0.39, 0.29) is 4.90 Å². The second-order valence-electron chi connectivity index (χ2n) is 7.24. The van der Waals surface area contributed by atoms with Crippen molar-refractivity contribution in [3.8, 4) is 11.4 Å². The van der Waals surface area contributed by atoms with Gasteiger partial charge in [-0.3, -0.25) is 4.79 Å². The number of aryl methyl sites for hydroxylation is 1. The Morgan fingerprint density at radius 1 is 1.03 bits per heavy atom. The lowest BCUT2D eigenvalue weighted by atomic mass is 10.2. The molecule has 11 heteroatoms. The Labute approximate surface area is 189 Å². The molecule has 7 nitrogen and oxygen atoms in total. The summed E-state index contributed by atoms with van der Waals surface area (Å²) in [5, 5.41) is 2.68. The second kappa shape index (κ2) is 9.28. The zero-order chi connectivity index (χ0) is 24.4. The molecule has 33 heavy (non-hydrogen) atoms. The molecule has 0 aliphatic rings. The number of hydrogen-bond acceptors (Lipinski definition) is 4. The number of carbonyl (C=O) groups is 1. The van der Waals surface area contributed by atoms with E-state index in [2.05, 4.69) is 5.32 Å². The molecule has 0 aliphatic carbocycles. The molecule has 0 radical (unpaired) electrons. The molecule has 0 unspecified atom stereocenters. The molecule has 0 atom stereocenters. The summed E-state index contributed by atoms with van der Waals surface area (Å²) in [7, 11) is -2.76. The number of nitrogens with zero attached hydrogens (tertiary/aromatic N) is 1. The van der Waals surface area contributed by atoms with Gasteiger partial charge in [0.1, 0.15) is 12.3 Å². The van der Waals surface area contributed by atoms with Crippen LogP contribution in [0.2, 0.25) is 0 Å². The van der Waals surface area contributed by atoms with E-state index in [9.17, 15) is 26.4 Å². The van der Waals surface area contributed by atoms with Gasteiger partial charge in [-0.15, -0.1) is 0 Å². The van der Waals surface area contributed by atoms with Crippen molar-refractivity contribution in [3.05, 3.63) is 71.5 Å². The average Bonchev–Trinajstić information content (AvgIpc) is 3.06. The molecule has 2 aromatic carbocycles. The van der Waals surface area contributed by atoms with Crippen molar-refractivity contribution in [2.24, 2.45) is 0 Å². The number of benzene rings is 2. The zero-order valence-corrected chi connectivity index (χ0v) is 18.8. The Balaban J connectivity index is 1.76. The first-order valence-corrected chi connectivity index (χ1v) is 11.2. The fourth-order valence-electron chi connectivity index (χ4n) is 3.30. The normalized spacial score (nSPS) is 11.9. The Morgan fingerprint density at radius 3 is 2.18 bits per heavy atom. The Morgan fingerprint density at radius 2 is 1.64 bits per heavy atom. The van der Waals surface area contributed by atoms with Crippen LogP contribution in [0.15, 0.2) is 59.5 Å². The lowest BCUT2D eigenvalue weighted by Crippen LogP contribution is -2.33. The number of halogens is 3. The topological polar surface area (TPSA) is 89.4 Å². The van der Waals surface area contributed by atoms with Crippen LogP contribution in [-0.4, -0.2) is 38.7 Å². The number of nitrogens with one attached hydrogen (secondary N) is 2. The van der Waals surface area contributed by atoms with Crippen LogP contribution >= 0.6 is 0 Å². The first kappa shape index (κ1) is 24.3. The number of sulfonamides is 1. The highest BCUT2D eigenvalue weighted by Gasteiger charge is 2.30. The number of methoxy groups -OCH3 is 1.